The van der Waals surface area contributed by atoms with Crippen molar-refractivity contribution in [3.8, 4) is 0 Å². The molecule has 0 saturated carbocycles. The van der Waals surface area contributed by atoms with Crippen LogP contribution in [-0.4, -0.2) is 12.6 Å². The van der Waals surface area contributed by atoms with Gasteiger partial charge in [-0.05, 0) is 29.8 Å². The molecule has 3 aromatic rings. The second-order valence-corrected chi connectivity index (χ2v) is 7.34. The summed E-state index contributed by atoms with van der Waals surface area (Å²) in [5.41, 5.74) is 2.62. The molecule has 0 radical (unpaired) electrons. The van der Waals surface area contributed by atoms with Gasteiger partial charge in [-0.1, -0.05) is 60.7 Å². The molecule has 0 saturated heterocycles. The van der Waals surface area contributed by atoms with Crippen LogP contribution in [0.1, 0.15) is 11.1 Å². The minimum atomic E-state index is -0.167. The zero-order valence-corrected chi connectivity index (χ0v) is 15.7. The van der Waals surface area contributed by atoms with Crippen LogP contribution in [0.15, 0.2) is 88.1 Å². The van der Waals surface area contributed by atoms with Crippen LogP contribution >= 0.6 is 23.1 Å². The van der Waals surface area contributed by atoms with E-state index in [4.69, 9.17) is 0 Å². The Labute approximate surface area is 161 Å². The molecule has 1 heterocycles. The van der Waals surface area contributed by atoms with E-state index in [9.17, 15) is 4.79 Å². The molecule has 3 rings (SSSR count). The van der Waals surface area contributed by atoms with E-state index in [1.165, 1.54) is 23.1 Å². The van der Waals surface area contributed by atoms with E-state index in [1.807, 2.05) is 78.2 Å². The highest BCUT2D eigenvalue weighted by Gasteiger charge is 2.18. The Balaban J connectivity index is 1.92. The summed E-state index contributed by atoms with van der Waals surface area (Å²) in [6.07, 6.45) is 0. The number of thioether (sulfide) groups is 1. The summed E-state index contributed by atoms with van der Waals surface area (Å²) in [5, 5.41) is 5.70. The fourth-order valence-corrected chi connectivity index (χ4v) is 4.00. The molecule has 26 heavy (non-hydrogen) atoms. The van der Waals surface area contributed by atoms with Crippen molar-refractivity contribution in [1.29, 1.82) is 0 Å². The molecule has 0 spiro atoms. The number of aliphatic imine (C=N–C) groups is 1. The van der Waals surface area contributed by atoms with Crippen molar-refractivity contribution in [2.24, 2.45) is 4.99 Å². The zero-order chi connectivity index (χ0) is 18.2. The van der Waals surface area contributed by atoms with Crippen LogP contribution in [0.5, 0.6) is 0 Å². The quantitative estimate of drug-likeness (QED) is 0.424. The number of hydrogen-bond donors (Lipinski definition) is 1. The van der Waals surface area contributed by atoms with Gasteiger partial charge in [0.05, 0.1) is 15.6 Å². The van der Waals surface area contributed by atoms with Crippen LogP contribution in [0, 0.1) is 0 Å². The minimum Gasteiger partial charge on any atom is -0.313 e. The van der Waals surface area contributed by atoms with Crippen molar-refractivity contribution >= 4 is 46.4 Å². The van der Waals surface area contributed by atoms with E-state index in [2.05, 4.69) is 17.0 Å². The van der Waals surface area contributed by atoms with Gasteiger partial charge in [-0.25, -0.2) is 0 Å². The lowest BCUT2D eigenvalue weighted by molar-refractivity contribution is -0.112. The van der Waals surface area contributed by atoms with Gasteiger partial charge in [0.25, 0.3) is 5.91 Å². The molecular formula is C21H18N2OS2. The van der Waals surface area contributed by atoms with E-state index in [1.54, 1.807) is 0 Å². The summed E-state index contributed by atoms with van der Waals surface area (Å²) in [7, 11) is 0. The lowest BCUT2D eigenvalue weighted by Crippen LogP contribution is -2.13. The molecule has 130 valence electrons. The molecule has 0 bridgehead atoms. The summed E-state index contributed by atoms with van der Waals surface area (Å²) in [6.45, 7) is 3.69. The standard InChI is InChI=1S/C21H18N2OS2/c1-22-19(17-11-6-3-7-12-17)20(21(24)23-18-13-8-14-25-18)26-15-16-9-4-2-5-10-16/h2-14H,1,15H2,(H,23,24)/b20-19-. The lowest BCUT2D eigenvalue weighted by atomic mass is 10.1. The molecule has 3 nitrogen and oxygen atoms in total. The molecule has 1 N–H and O–H groups in total. The summed E-state index contributed by atoms with van der Waals surface area (Å²) in [5.74, 6) is 0.513. The first kappa shape index (κ1) is 18.2. The van der Waals surface area contributed by atoms with Gasteiger partial charge in [-0.15, -0.1) is 23.1 Å². The van der Waals surface area contributed by atoms with Crippen LogP contribution < -0.4 is 5.32 Å². The molecule has 1 aromatic heterocycles. The Hall–Kier alpha value is -2.63. The first-order valence-corrected chi connectivity index (χ1v) is 9.92. The maximum atomic E-state index is 12.9. The molecule has 0 unspecified atom stereocenters. The van der Waals surface area contributed by atoms with Crippen molar-refractivity contribution in [2.45, 2.75) is 5.75 Å². The highest BCUT2D eigenvalue weighted by molar-refractivity contribution is 8.03. The Morgan fingerprint density at radius 1 is 1.00 bits per heavy atom. The number of rotatable bonds is 7. The largest absolute Gasteiger partial charge is 0.313 e. The predicted octanol–water partition coefficient (Wildman–Crippen LogP) is 5.69. The Morgan fingerprint density at radius 2 is 1.69 bits per heavy atom. The van der Waals surface area contributed by atoms with Crippen LogP contribution in [0.2, 0.25) is 0 Å². The molecule has 0 atom stereocenters. The maximum absolute atomic E-state index is 12.9. The normalized spacial score (nSPS) is 11.5. The molecule has 0 fully saturated rings. The predicted molar refractivity (Wildman–Crippen MR) is 114 cm³/mol. The number of anilines is 1. The molecule has 0 aliphatic heterocycles. The van der Waals surface area contributed by atoms with Gasteiger partial charge in [0.2, 0.25) is 0 Å². The SMILES string of the molecule is C=N/C(=C(\SCc1ccccc1)C(=O)Nc1cccs1)c1ccccc1. The molecule has 1 amide bonds. The number of nitrogens with zero attached hydrogens (tertiary/aromatic N) is 1. The van der Waals surface area contributed by atoms with Gasteiger partial charge in [-0.2, -0.15) is 0 Å². The number of benzene rings is 2. The zero-order valence-electron chi connectivity index (χ0n) is 14.1. The highest BCUT2D eigenvalue weighted by Crippen LogP contribution is 2.32. The fraction of sp³-hybridized carbons (Fsp3) is 0.0476. The molecule has 0 aliphatic carbocycles. The first-order valence-electron chi connectivity index (χ1n) is 8.06. The third kappa shape index (κ3) is 4.71. The van der Waals surface area contributed by atoms with Crippen molar-refractivity contribution in [3.05, 3.63) is 94.2 Å². The average molecular weight is 379 g/mol. The van der Waals surface area contributed by atoms with Gasteiger partial charge in [-0.3, -0.25) is 9.79 Å². The second kappa shape index (κ2) is 9.17. The van der Waals surface area contributed by atoms with Crippen LogP contribution in [0.25, 0.3) is 5.70 Å². The average Bonchev–Trinajstić information content (AvgIpc) is 3.19. The van der Waals surface area contributed by atoms with Crippen molar-refractivity contribution in [1.82, 2.24) is 0 Å². The monoisotopic (exact) mass is 378 g/mol. The first-order chi connectivity index (χ1) is 12.8. The van der Waals surface area contributed by atoms with Crippen LogP contribution in [-0.2, 0) is 10.5 Å². The van der Waals surface area contributed by atoms with Crippen molar-refractivity contribution in [2.75, 3.05) is 5.32 Å². The fourth-order valence-electron chi connectivity index (χ4n) is 2.38. The van der Waals surface area contributed by atoms with E-state index >= 15 is 0 Å². The van der Waals surface area contributed by atoms with Gasteiger partial charge in [0.1, 0.15) is 0 Å². The number of carbonyl (C=O) groups excluding carboxylic acids is 1. The Kier molecular flexibility index (Phi) is 6.41. The molecule has 0 aliphatic rings. The summed E-state index contributed by atoms with van der Waals surface area (Å²) in [4.78, 5) is 17.7. The van der Waals surface area contributed by atoms with Crippen LogP contribution in [0.3, 0.4) is 0 Å². The van der Waals surface area contributed by atoms with Crippen molar-refractivity contribution < 1.29 is 4.79 Å². The summed E-state index contributed by atoms with van der Waals surface area (Å²) >= 11 is 2.96. The number of amides is 1. The minimum absolute atomic E-state index is 0.167. The summed E-state index contributed by atoms with van der Waals surface area (Å²) in [6, 6.07) is 23.5. The number of nitrogens with one attached hydrogen (secondary N) is 1. The van der Waals surface area contributed by atoms with E-state index in [-0.39, 0.29) is 5.91 Å². The topological polar surface area (TPSA) is 41.5 Å². The van der Waals surface area contributed by atoms with E-state index in [0.717, 1.165) is 16.1 Å². The lowest BCUT2D eigenvalue weighted by Gasteiger charge is -2.12. The van der Waals surface area contributed by atoms with Gasteiger partial charge in [0.15, 0.2) is 0 Å². The van der Waals surface area contributed by atoms with Gasteiger partial charge in [0, 0.05) is 11.3 Å². The molecular weight excluding hydrogens is 360 g/mol. The third-order valence-corrected chi connectivity index (χ3v) is 5.54. The third-order valence-electron chi connectivity index (χ3n) is 3.61. The van der Waals surface area contributed by atoms with E-state index < -0.39 is 0 Å². The smallest absolute Gasteiger partial charge is 0.264 e. The summed E-state index contributed by atoms with van der Waals surface area (Å²) < 4.78 is 0. The molecule has 5 heteroatoms. The number of hydrogen-bond acceptors (Lipinski definition) is 4. The number of thiophene rings is 1. The van der Waals surface area contributed by atoms with Crippen molar-refractivity contribution in [3.63, 3.8) is 0 Å². The number of carbonyl (C=O) groups is 1. The highest BCUT2D eigenvalue weighted by atomic mass is 32.2. The Morgan fingerprint density at radius 3 is 2.31 bits per heavy atom. The molecule has 2 aromatic carbocycles. The Bertz CT molecular complexity index is 888. The van der Waals surface area contributed by atoms with Crippen LogP contribution in [0.4, 0.5) is 5.00 Å². The van der Waals surface area contributed by atoms with Gasteiger partial charge < -0.3 is 5.32 Å². The van der Waals surface area contributed by atoms with Gasteiger partial charge >= 0.3 is 0 Å². The maximum Gasteiger partial charge on any atom is 0.264 e. The van der Waals surface area contributed by atoms with E-state index in [0.29, 0.717) is 16.4 Å². The second-order valence-electron chi connectivity index (χ2n) is 5.41.